The van der Waals surface area contributed by atoms with Gasteiger partial charge in [-0.05, 0) is 19.7 Å². The molecule has 2 heteroatoms. The van der Waals surface area contributed by atoms with Gasteiger partial charge in [-0.3, -0.25) is 4.90 Å². The Morgan fingerprint density at radius 3 is 2.36 bits per heavy atom. The number of hydrogen-bond acceptors (Lipinski definition) is 2. The van der Waals surface area contributed by atoms with Gasteiger partial charge in [0.15, 0.2) is 0 Å². The van der Waals surface area contributed by atoms with E-state index in [0.29, 0.717) is 0 Å². The highest BCUT2D eigenvalue weighted by molar-refractivity contribution is 5.09. The summed E-state index contributed by atoms with van der Waals surface area (Å²) in [5.74, 6) is 0. The molecule has 0 saturated carbocycles. The number of fused-ring (bicyclic) bond motifs is 1. The molecule has 1 fully saturated rings. The van der Waals surface area contributed by atoms with Crippen molar-refractivity contribution < 1.29 is 0 Å². The van der Waals surface area contributed by atoms with Crippen LogP contribution in [0.3, 0.4) is 0 Å². The molecule has 0 bridgehead atoms. The minimum absolute atomic E-state index is 0.718. The van der Waals surface area contributed by atoms with E-state index < -0.39 is 0 Å². The lowest BCUT2D eigenvalue weighted by atomic mass is 10.2. The average molecular weight is 154 g/mol. The van der Waals surface area contributed by atoms with Crippen LogP contribution in [0.1, 0.15) is 20.3 Å². The topological polar surface area (TPSA) is 6.25 Å². The number of rotatable bonds is 0. The lowest BCUT2D eigenvalue weighted by molar-refractivity contribution is 0.368. The maximum atomic E-state index is 2.39. The fraction of sp³-hybridized carbons (Fsp3) is 0.778. The third-order valence-corrected chi connectivity index (χ3v) is 2.33. The summed E-state index contributed by atoms with van der Waals surface area (Å²) in [5, 5.41) is 0. The van der Waals surface area contributed by atoms with Crippen molar-refractivity contribution in [1.82, 2.24) is 9.80 Å². The van der Waals surface area contributed by atoms with Gasteiger partial charge < -0.3 is 4.90 Å². The van der Waals surface area contributed by atoms with Gasteiger partial charge in [-0.2, -0.15) is 0 Å². The Bertz CT molecular complexity index is 154. The van der Waals surface area contributed by atoms with Crippen LogP contribution < -0.4 is 0 Å². The third kappa shape index (κ3) is 1.41. The maximum Gasteiger partial charge on any atom is 0.0975 e. The predicted octanol–water partition coefficient (Wildman–Crippen LogP) is 1.50. The van der Waals surface area contributed by atoms with Gasteiger partial charge in [0.2, 0.25) is 0 Å². The monoisotopic (exact) mass is 154 g/mol. The first-order valence-corrected chi connectivity index (χ1v) is 4.41. The van der Waals surface area contributed by atoms with Crippen LogP contribution in [0, 0.1) is 0 Å². The van der Waals surface area contributed by atoms with Gasteiger partial charge in [-0.15, -0.1) is 0 Å². The fourth-order valence-electron chi connectivity index (χ4n) is 1.69. The minimum Gasteiger partial charge on any atom is -0.364 e. The molecule has 0 spiro atoms. The molecular formula is C9H18N2. The zero-order valence-electron chi connectivity index (χ0n) is 7.91. The van der Waals surface area contributed by atoms with Gasteiger partial charge in [-0.25, -0.2) is 0 Å². The first-order chi connectivity index (χ1) is 5.30. The second kappa shape index (κ2) is 3.26. The normalized spacial score (nSPS) is 38.9. The standard InChI is InChI=1S/C7H12N2.C2H6/c1-8-5-3-4-6-7(8)9(6)2;1-2/h3,5-7H,4H2,1-2H3;1-2H3. The van der Waals surface area contributed by atoms with E-state index in [4.69, 9.17) is 0 Å². The fourth-order valence-corrected chi connectivity index (χ4v) is 1.69. The van der Waals surface area contributed by atoms with Crippen LogP contribution in [0.4, 0.5) is 0 Å². The third-order valence-electron chi connectivity index (χ3n) is 2.33. The van der Waals surface area contributed by atoms with E-state index in [2.05, 4.69) is 36.2 Å². The molecular weight excluding hydrogens is 136 g/mol. The Morgan fingerprint density at radius 2 is 1.91 bits per heavy atom. The van der Waals surface area contributed by atoms with E-state index >= 15 is 0 Å². The smallest absolute Gasteiger partial charge is 0.0975 e. The van der Waals surface area contributed by atoms with Crippen LogP contribution in [0.2, 0.25) is 0 Å². The zero-order valence-corrected chi connectivity index (χ0v) is 7.91. The second-order valence-corrected chi connectivity index (χ2v) is 2.93. The molecule has 3 unspecified atom stereocenters. The SMILES string of the molecule is CC.CN1C=CCC2C1N2C. The molecule has 2 nitrogen and oxygen atoms in total. The first kappa shape index (κ1) is 8.60. The summed E-state index contributed by atoms with van der Waals surface area (Å²) in [6.45, 7) is 4.00. The van der Waals surface area contributed by atoms with Crippen LogP contribution in [0.5, 0.6) is 0 Å². The molecule has 0 aliphatic carbocycles. The van der Waals surface area contributed by atoms with E-state index in [1.807, 2.05) is 13.8 Å². The molecule has 11 heavy (non-hydrogen) atoms. The Hall–Kier alpha value is -0.500. The Labute approximate surface area is 69.5 Å². The molecule has 2 aliphatic rings. The van der Waals surface area contributed by atoms with Crippen LogP contribution in [-0.4, -0.2) is 36.1 Å². The molecule has 2 aliphatic heterocycles. The number of likely N-dealkylation sites (N-methyl/N-ethyl adjacent to an activating group) is 2. The Kier molecular flexibility index (Phi) is 2.55. The van der Waals surface area contributed by atoms with Crippen molar-refractivity contribution in [3.63, 3.8) is 0 Å². The van der Waals surface area contributed by atoms with Crippen LogP contribution in [0.25, 0.3) is 0 Å². The van der Waals surface area contributed by atoms with Gasteiger partial charge in [0.25, 0.3) is 0 Å². The lowest BCUT2D eigenvalue weighted by Gasteiger charge is -2.14. The second-order valence-electron chi connectivity index (χ2n) is 2.93. The van der Waals surface area contributed by atoms with Crippen molar-refractivity contribution in [2.24, 2.45) is 0 Å². The molecule has 0 aromatic carbocycles. The van der Waals surface area contributed by atoms with E-state index in [1.54, 1.807) is 0 Å². The van der Waals surface area contributed by atoms with E-state index in [-0.39, 0.29) is 0 Å². The van der Waals surface area contributed by atoms with Gasteiger partial charge in [-0.1, -0.05) is 19.9 Å². The molecule has 0 aromatic heterocycles. The van der Waals surface area contributed by atoms with E-state index in [9.17, 15) is 0 Å². The molecule has 2 rings (SSSR count). The summed E-state index contributed by atoms with van der Waals surface area (Å²) < 4.78 is 0. The van der Waals surface area contributed by atoms with Gasteiger partial charge in [0, 0.05) is 13.1 Å². The largest absolute Gasteiger partial charge is 0.364 e. The summed E-state index contributed by atoms with van der Waals surface area (Å²) >= 11 is 0. The molecule has 0 amide bonds. The lowest BCUT2D eigenvalue weighted by Crippen LogP contribution is -2.20. The van der Waals surface area contributed by atoms with E-state index in [0.717, 1.165) is 12.2 Å². The van der Waals surface area contributed by atoms with Crippen molar-refractivity contribution >= 4 is 0 Å². The summed E-state index contributed by atoms with van der Waals surface area (Å²) in [7, 11) is 4.32. The van der Waals surface area contributed by atoms with Crippen molar-refractivity contribution in [2.75, 3.05) is 14.1 Å². The van der Waals surface area contributed by atoms with Crippen LogP contribution >= 0.6 is 0 Å². The minimum atomic E-state index is 0.718. The highest BCUT2D eigenvalue weighted by Gasteiger charge is 2.46. The Balaban J connectivity index is 0.000000281. The summed E-state index contributed by atoms with van der Waals surface area (Å²) in [6.07, 6.45) is 6.37. The predicted molar refractivity (Wildman–Crippen MR) is 48.2 cm³/mol. The van der Waals surface area contributed by atoms with Crippen molar-refractivity contribution in [3.8, 4) is 0 Å². The van der Waals surface area contributed by atoms with Crippen LogP contribution in [-0.2, 0) is 0 Å². The van der Waals surface area contributed by atoms with Gasteiger partial charge >= 0.3 is 0 Å². The number of hydrogen-bond donors (Lipinski definition) is 0. The van der Waals surface area contributed by atoms with Crippen molar-refractivity contribution in [3.05, 3.63) is 12.3 Å². The maximum absolute atomic E-state index is 2.39. The zero-order chi connectivity index (χ0) is 8.43. The summed E-state index contributed by atoms with van der Waals surface area (Å²) in [4.78, 5) is 4.66. The molecule has 0 aromatic rings. The molecule has 0 N–H and O–H groups in total. The van der Waals surface area contributed by atoms with Gasteiger partial charge in [0.1, 0.15) is 0 Å². The molecule has 64 valence electrons. The van der Waals surface area contributed by atoms with Crippen molar-refractivity contribution in [2.45, 2.75) is 32.5 Å². The van der Waals surface area contributed by atoms with Crippen LogP contribution in [0.15, 0.2) is 12.3 Å². The van der Waals surface area contributed by atoms with Crippen molar-refractivity contribution in [1.29, 1.82) is 0 Å². The number of nitrogens with zero attached hydrogens (tertiary/aromatic N) is 2. The summed E-state index contributed by atoms with van der Waals surface area (Å²) in [6, 6.07) is 0.819. The molecule has 0 radical (unpaired) electrons. The highest BCUT2D eigenvalue weighted by atomic mass is 15.5. The quantitative estimate of drug-likeness (QED) is 0.488. The highest BCUT2D eigenvalue weighted by Crippen LogP contribution is 2.34. The molecule has 3 atom stereocenters. The molecule has 1 saturated heterocycles. The Morgan fingerprint density at radius 1 is 1.27 bits per heavy atom. The summed E-state index contributed by atoms with van der Waals surface area (Å²) in [5.41, 5.74) is 0. The first-order valence-electron chi connectivity index (χ1n) is 4.41. The van der Waals surface area contributed by atoms with E-state index in [1.165, 1.54) is 6.42 Å². The molecule has 2 heterocycles. The van der Waals surface area contributed by atoms with Gasteiger partial charge in [0.05, 0.1) is 6.17 Å². The average Bonchev–Trinajstić information content (AvgIpc) is 2.69.